The summed E-state index contributed by atoms with van der Waals surface area (Å²) in [6.45, 7) is -2.04. The quantitative estimate of drug-likeness (QED) is 0.818. The summed E-state index contributed by atoms with van der Waals surface area (Å²) < 4.78 is 43.4. The van der Waals surface area contributed by atoms with Crippen molar-refractivity contribution in [3.05, 3.63) is 11.8 Å². The zero-order valence-corrected chi connectivity index (χ0v) is 7.11. The lowest BCUT2D eigenvalue weighted by Gasteiger charge is -2.04. The lowest BCUT2D eigenvalue weighted by Crippen LogP contribution is -2.16. The van der Waals surface area contributed by atoms with Gasteiger partial charge in [0.15, 0.2) is 0 Å². The molecule has 0 saturated heterocycles. The highest BCUT2D eigenvalue weighted by Gasteiger charge is 2.27. The van der Waals surface area contributed by atoms with Crippen molar-refractivity contribution < 1.29 is 32.2 Å². The molecule has 0 radical (unpaired) electrons. The van der Waals surface area contributed by atoms with Gasteiger partial charge in [0.1, 0.15) is 13.2 Å². The van der Waals surface area contributed by atoms with Crippen LogP contribution < -0.4 is 0 Å². The Morgan fingerprint density at radius 1 is 1.47 bits per heavy atom. The molecule has 0 atom stereocenters. The molecule has 1 rings (SSSR count). The Bertz CT molecular complexity index is 348. The third-order valence-corrected chi connectivity index (χ3v) is 1.14. The zero-order chi connectivity index (χ0) is 11.5. The molecule has 0 aliphatic carbocycles. The molecule has 1 aromatic heterocycles. The van der Waals surface area contributed by atoms with E-state index in [-0.39, 0.29) is 5.89 Å². The molecule has 1 heterocycles. The molecule has 15 heavy (non-hydrogen) atoms. The van der Waals surface area contributed by atoms with E-state index in [1.165, 1.54) is 0 Å². The van der Waals surface area contributed by atoms with Gasteiger partial charge < -0.3 is 14.3 Å². The number of ether oxygens (including phenoxy) is 1. The van der Waals surface area contributed by atoms with Gasteiger partial charge in [-0.25, -0.2) is 4.79 Å². The summed E-state index contributed by atoms with van der Waals surface area (Å²) in [5, 5.41) is 14.6. The van der Waals surface area contributed by atoms with E-state index < -0.39 is 31.3 Å². The highest BCUT2D eigenvalue weighted by molar-refractivity contribution is 5.81. The van der Waals surface area contributed by atoms with Crippen LogP contribution in [0.1, 0.15) is 16.6 Å². The first kappa shape index (κ1) is 11.4. The van der Waals surface area contributed by atoms with E-state index in [9.17, 15) is 18.0 Å². The minimum absolute atomic E-state index is 0.323. The molecule has 0 amide bonds. The van der Waals surface area contributed by atoms with E-state index in [2.05, 4.69) is 19.4 Å². The molecule has 84 valence electrons. The van der Waals surface area contributed by atoms with Gasteiger partial charge in [0, 0.05) is 0 Å². The fourth-order valence-corrected chi connectivity index (χ4v) is 0.652. The van der Waals surface area contributed by atoms with Crippen LogP contribution in [0.3, 0.4) is 0 Å². The maximum Gasteiger partial charge on any atom is 0.411 e. The van der Waals surface area contributed by atoms with Crippen molar-refractivity contribution in [2.75, 3.05) is 6.61 Å². The van der Waals surface area contributed by atoms with Crippen molar-refractivity contribution in [2.24, 2.45) is 0 Å². The second-order valence-corrected chi connectivity index (χ2v) is 2.41. The SMILES string of the molecule is O=C(O)c1nnc(COCC(F)(F)F)o1. The Labute approximate surface area is 80.7 Å². The third-order valence-electron chi connectivity index (χ3n) is 1.14. The molecule has 1 N–H and O–H groups in total. The summed E-state index contributed by atoms with van der Waals surface area (Å²) in [5.41, 5.74) is 0. The summed E-state index contributed by atoms with van der Waals surface area (Å²) in [7, 11) is 0. The Morgan fingerprint density at radius 2 is 2.13 bits per heavy atom. The van der Waals surface area contributed by atoms with Gasteiger partial charge in [0.2, 0.25) is 5.89 Å². The van der Waals surface area contributed by atoms with Crippen molar-refractivity contribution in [3.63, 3.8) is 0 Å². The van der Waals surface area contributed by atoms with Gasteiger partial charge in [-0.05, 0) is 0 Å². The molecule has 6 nitrogen and oxygen atoms in total. The number of hydrogen-bond donors (Lipinski definition) is 1. The highest BCUT2D eigenvalue weighted by atomic mass is 19.4. The minimum atomic E-state index is -4.45. The van der Waals surface area contributed by atoms with Crippen LogP contribution in [0.4, 0.5) is 13.2 Å². The van der Waals surface area contributed by atoms with Gasteiger partial charge in [0.05, 0.1) is 0 Å². The number of alkyl halides is 3. The number of aromatic nitrogens is 2. The number of carboxylic acid groups (broad SMARTS) is 1. The zero-order valence-electron chi connectivity index (χ0n) is 7.11. The fourth-order valence-electron chi connectivity index (χ4n) is 0.652. The Hall–Kier alpha value is -1.64. The van der Waals surface area contributed by atoms with Crippen molar-refractivity contribution >= 4 is 5.97 Å². The van der Waals surface area contributed by atoms with Crippen molar-refractivity contribution in [2.45, 2.75) is 12.8 Å². The molecule has 0 bridgehead atoms. The summed E-state index contributed by atoms with van der Waals surface area (Å²) in [5.74, 6) is -2.47. The average Bonchev–Trinajstić information content (AvgIpc) is 2.50. The maximum absolute atomic E-state index is 11.6. The van der Waals surface area contributed by atoms with Crippen molar-refractivity contribution in [1.29, 1.82) is 0 Å². The van der Waals surface area contributed by atoms with Crippen LogP contribution in [0, 0.1) is 0 Å². The molecule has 1 aromatic rings. The normalized spacial score (nSPS) is 11.7. The predicted octanol–water partition coefficient (Wildman–Crippen LogP) is 0.847. The van der Waals surface area contributed by atoms with Crippen LogP contribution in [0.5, 0.6) is 0 Å². The van der Waals surface area contributed by atoms with Gasteiger partial charge in [-0.1, -0.05) is 0 Å². The number of rotatable bonds is 4. The van der Waals surface area contributed by atoms with Gasteiger partial charge >= 0.3 is 18.0 Å². The number of aromatic carboxylic acids is 1. The summed E-state index contributed by atoms with van der Waals surface area (Å²) in [6.07, 6.45) is -4.45. The molecule has 0 spiro atoms. The first-order valence-corrected chi connectivity index (χ1v) is 3.58. The van der Waals surface area contributed by atoms with E-state index in [0.29, 0.717) is 0 Å². The summed E-state index contributed by atoms with van der Waals surface area (Å²) in [6, 6.07) is 0. The molecule has 0 saturated carbocycles. The molecule has 0 unspecified atom stereocenters. The van der Waals surface area contributed by atoms with Crippen molar-refractivity contribution in [3.8, 4) is 0 Å². The van der Waals surface area contributed by atoms with Crippen LogP contribution in [-0.2, 0) is 11.3 Å². The number of carboxylic acids is 1. The molecule has 0 aromatic carbocycles. The van der Waals surface area contributed by atoms with Crippen LogP contribution in [0.15, 0.2) is 4.42 Å². The molecular formula is C6H5F3N2O4. The lowest BCUT2D eigenvalue weighted by atomic mass is 10.6. The number of halogens is 3. The van der Waals surface area contributed by atoms with E-state index in [0.717, 1.165) is 0 Å². The lowest BCUT2D eigenvalue weighted by molar-refractivity contribution is -0.177. The monoisotopic (exact) mass is 226 g/mol. The average molecular weight is 226 g/mol. The number of carbonyl (C=O) groups is 1. The second-order valence-electron chi connectivity index (χ2n) is 2.41. The van der Waals surface area contributed by atoms with E-state index >= 15 is 0 Å². The standard InChI is InChI=1S/C6H5F3N2O4/c7-6(8,9)2-14-1-3-10-11-4(15-3)5(12)13/h1-2H2,(H,12,13). The van der Waals surface area contributed by atoms with Crippen LogP contribution in [0.2, 0.25) is 0 Å². The molecule has 0 aliphatic rings. The Kier molecular flexibility index (Phi) is 3.24. The Morgan fingerprint density at radius 3 is 2.60 bits per heavy atom. The van der Waals surface area contributed by atoms with Gasteiger partial charge in [-0.3, -0.25) is 0 Å². The summed E-state index contributed by atoms with van der Waals surface area (Å²) in [4.78, 5) is 10.2. The molecule has 9 heteroatoms. The predicted molar refractivity (Wildman–Crippen MR) is 37.0 cm³/mol. The maximum atomic E-state index is 11.6. The topological polar surface area (TPSA) is 85.5 Å². The Balaban J connectivity index is 2.41. The minimum Gasteiger partial charge on any atom is -0.474 e. The number of nitrogens with zero attached hydrogens (tertiary/aromatic N) is 2. The smallest absolute Gasteiger partial charge is 0.411 e. The third kappa shape index (κ3) is 3.94. The number of hydrogen-bond acceptors (Lipinski definition) is 5. The largest absolute Gasteiger partial charge is 0.474 e. The first-order chi connectivity index (χ1) is 6.88. The molecule has 0 fully saturated rings. The second kappa shape index (κ2) is 4.26. The highest BCUT2D eigenvalue weighted by Crippen LogP contribution is 2.15. The van der Waals surface area contributed by atoms with Crippen LogP contribution in [-0.4, -0.2) is 34.1 Å². The fraction of sp³-hybridized carbons (Fsp3) is 0.500. The van der Waals surface area contributed by atoms with Gasteiger partial charge in [-0.2, -0.15) is 13.2 Å². The van der Waals surface area contributed by atoms with Gasteiger partial charge in [0.25, 0.3) is 0 Å². The van der Waals surface area contributed by atoms with E-state index in [4.69, 9.17) is 5.11 Å². The van der Waals surface area contributed by atoms with Gasteiger partial charge in [-0.15, -0.1) is 10.2 Å². The first-order valence-electron chi connectivity index (χ1n) is 3.58. The van der Waals surface area contributed by atoms with Crippen molar-refractivity contribution in [1.82, 2.24) is 10.2 Å². The van der Waals surface area contributed by atoms with Crippen LogP contribution >= 0.6 is 0 Å². The van der Waals surface area contributed by atoms with E-state index in [1.54, 1.807) is 0 Å². The molecule has 0 aliphatic heterocycles. The van der Waals surface area contributed by atoms with Crippen LogP contribution in [0.25, 0.3) is 0 Å². The van der Waals surface area contributed by atoms with E-state index in [1.807, 2.05) is 0 Å². The molecular weight excluding hydrogens is 221 g/mol. The summed E-state index contributed by atoms with van der Waals surface area (Å²) >= 11 is 0.